The minimum atomic E-state index is -0.840. The lowest BCUT2D eigenvalue weighted by Gasteiger charge is -2.37. The molecular formula is C33H35F2N5O. The van der Waals surface area contributed by atoms with Crippen LogP contribution in [-0.4, -0.2) is 71.4 Å². The molecule has 41 heavy (non-hydrogen) atoms. The first-order valence-corrected chi connectivity index (χ1v) is 15.0. The molecule has 4 aliphatic rings. The molecule has 0 radical (unpaired) electrons. The van der Waals surface area contributed by atoms with Crippen molar-refractivity contribution in [2.75, 3.05) is 37.7 Å². The number of rotatable bonds is 5. The Morgan fingerprint density at radius 2 is 1.83 bits per heavy atom. The number of alkyl halides is 1. The van der Waals surface area contributed by atoms with Crippen LogP contribution in [0.15, 0.2) is 48.5 Å². The molecule has 6 nitrogen and oxygen atoms in total. The van der Waals surface area contributed by atoms with Crippen molar-refractivity contribution < 1.29 is 13.5 Å². The van der Waals surface area contributed by atoms with Crippen molar-refractivity contribution in [3.05, 3.63) is 59.9 Å². The summed E-state index contributed by atoms with van der Waals surface area (Å²) in [6, 6.07) is 16.8. The van der Waals surface area contributed by atoms with Crippen molar-refractivity contribution in [1.29, 1.82) is 0 Å². The third-order valence-electron chi connectivity index (χ3n) is 10.0. The second-order valence-electron chi connectivity index (χ2n) is 12.4. The Morgan fingerprint density at radius 3 is 2.66 bits per heavy atom. The lowest BCUT2D eigenvalue weighted by atomic mass is 9.94. The first-order chi connectivity index (χ1) is 20.0. The fourth-order valence-electron chi connectivity index (χ4n) is 8.12. The Labute approximate surface area is 238 Å². The van der Waals surface area contributed by atoms with Crippen LogP contribution >= 0.6 is 0 Å². The fraction of sp³-hybridized carbons (Fsp3) is 0.455. The Morgan fingerprint density at radius 1 is 1.02 bits per heavy atom. The second-order valence-corrected chi connectivity index (χ2v) is 12.4. The summed E-state index contributed by atoms with van der Waals surface area (Å²) >= 11 is 0. The minimum Gasteiger partial charge on any atom is -0.461 e. The van der Waals surface area contributed by atoms with Crippen LogP contribution in [0, 0.1) is 12.7 Å². The van der Waals surface area contributed by atoms with Crippen molar-refractivity contribution in [2.24, 2.45) is 0 Å². The first-order valence-electron chi connectivity index (χ1n) is 15.0. The largest absolute Gasteiger partial charge is 0.461 e. The van der Waals surface area contributed by atoms with Gasteiger partial charge in [-0.15, -0.1) is 0 Å². The van der Waals surface area contributed by atoms with Gasteiger partial charge in [0.05, 0.1) is 5.54 Å². The maximum atomic E-state index is 16.7. The van der Waals surface area contributed by atoms with Crippen LogP contribution in [0.25, 0.3) is 32.8 Å². The molecule has 212 valence electrons. The van der Waals surface area contributed by atoms with Crippen LogP contribution in [0.5, 0.6) is 6.01 Å². The summed E-state index contributed by atoms with van der Waals surface area (Å²) in [5.74, 6) is 0.383. The summed E-state index contributed by atoms with van der Waals surface area (Å²) in [7, 11) is 0. The number of benzene rings is 3. The normalized spacial score (nSPS) is 27.7. The van der Waals surface area contributed by atoms with Crippen molar-refractivity contribution >= 4 is 27.5 Å². The highest BCUT2D eigenvalue weighted by molar-refractivity contribution is 6.02. The number of anilines is 1. The fourth-order valence-corrected chi connectivity index (χ4v) is 8.12. The Kier molecular flexibility index (Phi) is 5.94. The summed E-state index contributed by atoms with van der Waals surface area (Å²) in [6.07, 6.45) is 3.71. The molecule has 0 aliphatic carbocycles. The van der Waals surface area contributed by atoms with Gasteiger partial charge < -0.3 is 15.0 Å². The highest BCUT2D eigenvalue weighted by atomic mass is 19.1. The molecule has 0 amide bonds. The zero-order valence-corrected chi connectivity index (χ0v) is 23.4. The molecule has 4 aromatic rings. The number of nitrogens with zero attached hydrogens (tertiary/aromatic N) is 4. The van der Waals surface area contributed by atoms with Crippen LogP contribution in [-0.2, 0) is 0 Å². The van der Waals surface area contributed by atoms with Gasteiger partial charge >= 0.3 is 6.01 Å². The molecule has 4 fully saturated rings. The summed E-state index contributed by atoms with van der Waals surface area (Å²) in [5, 5.41) is 6.36. The number of aryl methyl sites for hydroxylation is 1. The number of nitrogens with one attached hydrogen (secondary N) is 1. The number of aromatic nitrogens is 2. The van der Waals surface area contributed by atoms with Crippen molar-refractivity contribution in [2.45, 2.75) is 62.8 Å². The number of fused-ring (bicyclic) bond motifs is 5. The van der Waals surface area contributed by atoms with Gasteiger partial charge in [-0.25, -0.2) is 8.78 Å². The van der Waals surface area contributed by atoms with Crippen molar-refractivity contribution in [3.63, 3.8) is 0 Å². The molecule has 8 heteroatoms. The molecule has 0 saturated carbocycles. The molecule has 5 heterocycles. The van der Waals surface area contributed by atoms with E-state index in [2.05, 4.69) is 40.2 Å². The molecule has 2 bridgehead atoms. The molecule has 3 aromatic carbocycles. The molecular weight excluding hydrogens is 520 g/mol. The highest BCUT2D eigenvalue weighted by Crippen LogP contribution is 2.42. The SMILES string of the molecule is Cc1cccc2cccc(-c3ccc4c(N5[C@@H]6CC[C@H]5CNC6)nc(OC[C@@]56CCCN5C[C@H](F)C6)nc4c3F)c12. The number of ether oxygens (including phenoxy) is 1. The third-order valence-corrected chi connectivity index (χ3v) is 10.0. The van der Waals surface area contributed by atoms with Crippen LogP contribution in [0.1, 0.15) is 37.7 Å². The number of hydrogen-bond acceptors (Lipinski definition) is 6. The molecule has 8 rings (SSSR count). The molecule has 4 atom stereocenters. The molecule has 4 aliphatic heterocycles. The lowest BCUT2D eigenvalue weighted by molar-refractivity contribution is 0.107. The minimum absolute atomic E-state index is 0.180. The van der Waals surface area contributed by atoms with Crippen LogP contribution in [0.4, 0.5) is 14.6 Å². The number of piperazine rings is 1. The second kappa shape index (κ2) is 9.60. The van der Waals surface area contributed by atoms with Gasteiger partial charge in [0.15, 0.2) is 5.82 Å². The van der Waals surface area contributed by atoms with E-state index < -0.39 is 6.17 Å². The predicted octanol–water partition coefficient (Wildman–Crippen LogP) is 5.79. The van der Waals surface area contributed by atoms with Crippen LogP contribution < -0.4 is 15.0 Å². The highest BCUT2D eigenvalue weighted by Gasteiger charge is 2.49. The first kappa shape index (κ1) is 25.4. The number of hydrogen-bond donors (Lipinski definition) is 1. The third kappa shape index (κ3) is 4.02. The van der Waals surface area contributed by atoms with E-state index in [1.807, 2.05) is 30.3 Å². The van der Waals surface area contributed by atoms with E-state index in [-0.39, 0.29) is 22.9 Å². The van der Waals surface area contributed by atoms with E-state index in [4.69, 9.17) is 14.7 Å². The summed E-state index contributed by atoms with van der Waals surface area (Å²) in [6.45, 7) is 5.48. The average Bonchev–Trinajstić information content (AvgIpc) is 3.58. The predicted molar refractivity (Wildman–Crippen MR) is 158 cm³/mol. The van der Waals surface area contributed by atoms with Gasteiger partial charge in [0.25, 0.3) is 0 Å². The van der Waals surface area contributed by atoms with Gasteiger partial charge in [0.1, 0.15) is 24.1 Å². The van der Waals surface area contributed by atoms with E-state index in [0.717, 1.165) is 73.0 Å². The summed E-state index contributed by atoms with van der Waals surface area (Å²) in [5.41, 5.74) is 2.43. The zero-order chi connectivity index (χ0) is 27.7. The monoisotopic (exact) mass is 555 g/mol. The van der Waals surface area contributed by atoms with Gasteiger partial charge in [-0.2, -0.15) is 9.97 Å². The smallest absolute Gasteiger partial charge is 0.319 e. The summed E-state index contributed by atoms with van der Waals surface area (Å²) < 4.78 is 37.5. The van der Waals surface area contributed by atoms with E-state index in [9.17, 15) is 4.39 Å². The van der Waals surface area contributed by atoms with Crippen LogP contribution in [0.2, 0.25) is 0 Å². The van der Waals surface area contributed by atoms with Gasteiger partial charge in [0.2, 0.25) is 0 Å². The van der Waals surface area contributed by atoms with Crippen molar-refractivity contribution in [3.8, 4) is 17.1 Å². The van der Waals surface area contributed by atoms with Gasteiger partial charge in [0, 0.05) is 49.1 Å². The lowest BCUT2D eigenvalue weighted by Crippen LogP contribution is -2.52. The van der Waals surface area contributed by atoms with E-state index in [1.165, 1.54) is 0 Å². The quantitative estimate of drug-likeness (QED) is 0.336. The molecule has 1 N–H and O–H groups in total. The van der Waals surface area contributed by atoms with E-state index in [0.29, 0.717) is 42.6 Å². The number of halogens is 2. The summed E-state index contributed by atoms with van der Waals surface area (Å²) in [4.78, 5) is 14.2. The maximum Gasteiger partial charge on any atom is 0.319 e. The average molecular weight is 556 g/mol. The van der Waals surface area contributed by atoms with Gasteiger partial charge in [-0.3, -0.25) is 4.90 Å². The topological polar surface area (TPSA) is 53.5 Å². The van der Waals surface area contributed by atoms with E-state index >= 15 is 4.39 Å². The zero-order valence-electron chi connectivity index (χ0n) is 23.4. The Hall–Kier alpha value is -3.36. The Bertz CT molecular complexity index is 1640. The van der Waals surface area contributed by atoms with Crippen molar-refractivity contribution in [1.82, 2.24) is 20.2 Å². The van der Waals surface area contributed by atoms with Gasteiger partial charge in [-0.1, -0.05) is 42.5 Å². The van der Waals surface area contributed by atoms with Crippen LogP contribution in [0.3, 0.4) is 0 Å². The maximum absolute atomic E-state index is 16.7. The molecule has 4 saturated heterocycles. The van der Waals surface area contributed by atoms with Gasteiger partial charge in [-0.05, 0) is 67.1 Å². The molecule has 1 aromatic heterocycles. The molecule has 0 spiro atoms. The van der Waals surface area contributed by atoms with E-state index in [1.54, 1.807) is 0 Å². The Balaban J connectivity index is 1.27. The standard InChI is InChI=1S/C33H35F2N5O/c1-20-5-2-6-21-7-3-8-25(28(20)21)26-11-12-27-30(29(26)35)37-32(38-31(27)40-23-9-10-24(40)17-36-16-23)41-19-33-13-4-14-39(33)18-22(34)15-33/h2-3,5-8,11-12,22-24,36H,4,9-10,13-19H2,1H3/t22-,23-,24+,33+/m1/s1. The molecule has 0 unspecified atom stereocenters.